The highest BCUT2D eigenvalue weighted by Gasteiger charge is 2.14. The summed E-state index contributed by atoms with van der Waals surface area (Å²) in [5.41, 5.74) is 0.507. The molecule has 0 bridgehead atoms. The van der Waals surface area contributed by atoms with Gasteiger partial charge in [0, 0.05) is 26.2 Å². The Morgan fingerprint density at radius 1 is 0.778 bits per heavy atom. The van der Waals surface area contributed by atoms with Crippen molar-refractivity contribution >= 4 is 40.3 Å². The fourth-order valence-corrected chi connectivity index (χ4v) is 1.85. The van der Waals surface area contributed by atoms with Crippen LogP contribution in [0.3, 0.4) is 0 Å². The van der Waals surface area contributed by atoms with Crippen LogP contribution < -0.4 is 0 Å². The van der Waals surface area contributed by atoms with Crippen molar-refractivity contribution in [1.29, 1.82) is 0 Å². The quantitative estimate of drug-likeness (QED) is 0.360. The SMILES string of the molecule is CC(=O)O.CC(=O)O.CC(=O)O.Cc1cc(O)c2c(O)ccc(Cl)c2c1O. The Balaban J connectivity index is 0. The van der Waals surface area contributed by atoms with E-state index < -0.39 is 17.9 Å². The van der Waals surface area contributed by atoms with Crippen LogP contribution in [0.2, 0.25) is 5.02 Å². The largest absolute Gasteiger partial charge is 0.507 e. The second kappa shape index (κ2) is 12.2. The number of aromatic hydroxyl groups is 3. The summed E-state index contributed by atoms with van der Waals surface area (Å²) < 4.78 is 0. The minimum atomic E-state index is -0.833. The standard InChI is InChI=1S/C11H9ClO3.3C2H4O2/c1-5-4-8(14)10-7(13)3-2-6(12)9(10)11(5)15;3*1-2(3)4/h2-4,13-15H,1H3;3*1H3,(H,3,4). The second-order valence-electron chi connectivity index (χ2n) is 4.93. The Morgan fingerprint density at radius 3 is 1.52 bits per heavy atom. The molecule has 0 fully saturated rings. The number of aliphatic carboxylic acids is 3. The zero-order valence-corrected chi connectivity index (χ0v) is 15.8. The molecule has 0 amide bonds. The summed E-state index contributed by atoms with van der Waals surface area (Å²) in [5, 5.41) is 52.0. The molecule has 0 aromatic heterocycles. The summed E-state index contributed by atoms with van der Waals surface area (Å²) in [6, 6.07) is 4.23. The maximum atomic E-state index is 9.78. The Bertz CT molecular complexity index is 775. The highest BCUT2D eigenvalue weighted by Crippen LogP contribution is 2.43. The lowest BCUT2D eigenvalue weighted by molar-refractivity contribution is -0.135. The number of carbonyl (C=O) groups is 3. The predicted octanol–water partition coefficient (Wildman–Crippen LogP) is 3.19. The van der Waals surface area contributed by atoms with Crippen LogP contribution in [0.25, 0.3) is 10.8 Å². The smallest absolute Gasteiger partial charge is 0.300 e. The fourth-order valence-electron chi connectivity index (χ4n) is 1.60. The van der Waals surface area contributed by atoms with E-state index >= 15 is 0 Å². The number of carboxylic acid groups (broad SMARTS) is 3. The van der Waals surface area contributed by atoms with Gasteiger partial charge in [-0.05, 0) is 30.7 Å². The number of phenolic OH excluding ortho intramolecular Hbond substituents is 3. The molecular weight excluding hydrogens is 384 g/mol. The molecule has 0 aliphatic heterocycles. The van der Waals surface area contributed by atoms with Crippen LogP contribution in [-0.2, 0) is 14.4 Å². The number of hydrogen-bond acceptors (Lipinski definition) is 6. The van der Waals surface area contributed by atoms with E-state index in [0.717, 1.165) is 20.8 Å². The molecule has 0 saturated heterocycles. The molecule has 6 N–H and O–H groups in total. The molecule has 0 heterocycles. The molecular formula is C17H21ClO9. The van der Waals surface area contributed by atoms with Crippen LogP contribution in [-0.4, -0.2) is 48.5 Å². The van der Waals surface area contributed by atoms with Crippen LogP contribution in [0.4, 0.5) is 0 Å². The minimum Gasteiger partial charge on any atom is -0.507 e. The van der Waals surface area contributed by atoms with E-state index in [1.165, 1.54) is 18.2 Å². The van der Waals surface area contributed by atoms with Gasteiger partial charge in [-0.1, -0.05) is 11.6 Å². The molecule has 0 saturated carbocycles. The summed E-state index contributed by atoms with van der Waals surface area (Å²) >= 11 is 5.90. The minimum absolute atomic E-state index is 0.0244. The monoisotopic (exact) mass is 404 g/mol. The van der Waals surface area contributed by atoms with Gasteiger partial charge in [-0.2, -0.15) is 0 Å². The summed E-state index contributed by atoms with van der Waals surface area (Å²) in [4.78, 5) is 27.0. The lowest BCUT2D eigenvalue weighted by Gasteiger charge is -2.09. The summed E-state index contributed by atoms with van der Waals surface area (Å²) in [5.74, 6) is -2.73. The summed E-state index contributed by atoms with van der Waals surface area (Å²) in [6.45, 7) is 4.90. The highest BCUT2D eigenvalue weighted by molar-refractivity contribution is 6.36. The number of fused-ring (bicyclic) bond motifs is 1. The van der Waals surface area contributed by atoms with Crippen LogP contribution in [0.5, 0.6) is 17.2 Å². The number of phenols is 3. The van der Waals surface area contributed by atoms with Gasteiger partial charge in [0.25, 0.3) is 17.9 Å². The molecule has 10 heteroatoms. The molecule has 0 radical (unpaired) electrons. The van der Waals surface area contributed by atoms with Crippen molar-refractivity contribution in [3.8, 4) is 17.2 Å². The number of benzene rings is 2. The average molecular weight is 405 g/mol. The lowest BCUT2D eigenvalue weighted by atomic mass is 10.0. The average Bonchev–Trinajstić information content (AvgIpc) is 2.45. The maximum Gasteiger partial charge on any atom is 0.300 e. The van der Waals surface area contributed by atoms with Gasteiger partial charge >= 0.3 is 0 Å². The van der Waals surface area contributed by atoms with E-state index in [1.807, 2.05) is 0 Å². The van der Waals surface area contributed by atoms with Crippen molar-refractivity contribution in [3.63, 3.8) is 0 Å². The van der Waals surface area contributed by atoms with Crippen molar-refractivity contribution in [2.75, 3.05) is 0 Å². The van der Waals surface area contributed by atoms with Crippen molar-refractivity contribution in [3.05, 3.63) is 28.8 Å². The molecule has 0 spiro atoms. The molecule has 0 unspecified atom stereocenters. The number of aryl methyl sites for hydroxylation is 1. The first-order valence-electron chi connectivity index (χ1n) is 7.13. The van der Waals surface area contributed by atoms with Gasteiger partial charge in [-0.25, -0.2) is 0 Å². The highest BCUT2D eigenvalue weighted by atomic mass is 35.5. The van der Waals surface area contributed by atoms with Gasteiger partial charge in [0.2, 0.25) is 0 Å². The van der Waals surface area contributed by atoms with Crippen LogP contribution in [0.1, 0.15) is 26.3 Å². The van der Waals surface area contributed by atoms with Crippen molar-refractivity contribution < 1.29 is 45.0 Å². The Kier molecular flexibility index (Phi) is 11.8. The molecule has 0 aliphatic rings. The van der Waals surface area contributed by atoms with Crippen LogP contribution >= 0.6 is 11.6 Å². The number of halogens is 1. The van der Waals surface area contributed by atoms with Gasteiger partial charge in [-0.3, -0.25) is 14.4 Å². The zero-order chi connectivity index (χ0) is 21.9. The zero-order valence-electron chi connectivity index (χ0n) is 15.0. The van der Waals surface area contributed by atoms with Gasteiger partial charge < -0.3 is 30.6 Å². The normalized spacial score (nSPS) is 8.78. The second-order valence-corrected chi connectivity index (χ2v) is 5.34. The Morgan fingerprint density at radius 2 is 1.15 bits per heavy atom. The maximum absolute atomic E-state index is 9.78. The molecule has 9 nitrogen and oxygen atoms in total. The molecule has 0 aliphatic carbocycles. The van der Waals surface area contributed by atoms with E-state index in [0.29, 0.717) is 10.6 Å². The first-order valence-corrected chi connectivity index (χ1v) is 7.51. The van der Waals surface area contributed by atoms with Gasteiger partial charge in [-0.15, -0.1) is 0 Å². The van der Waals surface area contributed by atoms with E-state index in [9.17, 15) is 15.3 Å². The van der Waals surface area contributed by atoms with Crippen LogP contribution in [0, 0.1) is 6.92 Å². The van der Waals surface area contributed by atoms with E-state index in [4.69, 9.17) is 41.3 Å². The first kappa shape index (κ1) is 26.0. The predicted molar refractivity (Wildman–Crippen MR) is 98.6 cm³/mol. The van der Waals surface area contributed by atoms with Gasteiger partial charge in [0.1, 0.15) is 17.2 Å². The Labute approximate surface area is 159 Å². The summed E-state index contributed by atoms with van der Waals surface area (Å²) in [7, 11) is 0. The van der Waals surface area contributed by atoms with Crippen molar-refractivity contribution in [2.24, 2.45) is 0 Å². The molecule has 27 heavy (non-hydrogen) atoms. The van der Waals surface area contributed by atoms with Crippen molar-refractivity contribution in [1.82, 2.24) is 0 Å². The molecule has 150 valence electrons. The first-order chi connectivity index (χ1) is 12.2. The van der Waals surface area contributed by atoms with Crippen molar-refractivity contribution in [2.45, 2.75) is 27.7 Å². The summed E-state index contributed by atoms with van der Waals surface area (Å²) in [6.07, 6.45) is 0. The third kappa shape index (κ3) is 11.1. The van der Waals surface area contributed by atoms with Gasteiger partial charge in [0.15, 0.2) is 0 Å². The lowest BCUT2D eigenvalue weighted by Crippen LogP contribution is -1.82. The third-order valence-electron chi connectivity index (χ3n) is 2.35. The topological polar surface area (TPSA) is 173 Å². The third-order valence-corrected chi connectivity index (χ3v) is 2.67. The Hall–Kier alpha value is -3.20. The van der Waals surface area contributed by atoms with E-state index in [1.54, 1.807) is 6.92 Å². The fraction of sp³-hybridized carbons (Fsp3) is 0.235. The van der Waals surface area contributed by atoms with Gasteiger partial charge in [0.05, 0.1) is 10.4 Å². The van der Waals surface area contributed by atoms with E-state index in [-0.39, 0.29) is 28.0 Å². The van der Waals surface area contributed by atoms with E-state index in [2.05, 4.69) is 0 Å². The molecule has 2 rings (SSSR count). The number of hydrogen-bond donors (Lipinski definition) is 6. The van der Waals surface area contributed by atoms with Crippen LogP contribution in [0.15, 0.2) is 18.2 Å². The molecule has 2 aromatic rings. The molecule has 2 aromatic carbocycles. The number of rotatable bonds is 0. The molecule has 0 atom stereocenters. The number of carboxylic acids is 3.